The van der Waals surface area contributed by atoms with Gasteiger partial charge in [-0.2, -0.15) is 0 Å². The molecule has 3 unspecified atom stereocenters. The number of para-hydroxylation sites is 1. The Bertz CT molecular complexity index is 747. The Morgan fingerprint density at radius 2 is 1.69 bits per heavy atom. The van der Waals surface area contributed by atoms with Crippen LogP contribution in [0.3, 0.4) is 0 Å². The zero-order chi connectivity index (χ0) is 18.5. The Hall–Kier alpha value is -2.82. The quantitative estimate of drug-likeness (QED) is 0.895. The first kappa shape index (κ1) is 18.0. The summed E-state index contributed by atoms with van der Waals surface area (Å²) in [4.78, 5) is 26.2. The first-order valence-corrected chi connectivity index (χ1v) is 8.84. The van der Waals surface area contributed by atoms with Gasteiger partial charge in [-0.05, 0) is 24.5 Å². The second-order valence-corrected chi connectivity index (χ2v) is 6.72. The average molecular weight is 353 g/mol. The molecule has 0 saturated carbocycles. The van der Waals surface area contributed by atoms with Crippen molar-refractivity contribution in [1.29, 1.82) is 0 Å². The lowest BCUT2D eigenvalue weighted by atomic mass is 9.86. The molecule has 5 nitrogen and oxygen atoms in total. The summed E-state index contributed by atoms with van der Waals surface area (Å²) in [5.41, 5.74) is 0.786. The smallest absolute Gasteiger partial charge is 0.306 e. The van der Waals surface area contributed by atoms with Crippen molar-refractivity contribution < 1.29 is 19.4 Å². The van der Waals surface area contributed by atoms with Gasteiger partial charge in [0.25, 0.3) is 5.91 Å². The molecular weight excluding hydrogens is 330 g/mol. The molecule has 0 bridgehead atoms. The molecule has 2 aromatic carbocycles. The second-order valence-electron chi connectivity index (χ2n) is 6.72. The van der Waals surface area contributed by atoms with Crippen LogP contribution in [0.5, 0.6) is 5.75 Å². The molecule has 26 heavy (non-hydrogen) atoms. The molecule has 1 fully saturated rings. The van der Waals surface area contributed by atoms with Crippen molar-refractivity contribution in [3.63, 3.8) is 0 Å². The van der Waals surface area contributed by atoms with E-state index in [9.17, 15) is 14.7 Å². The molecule has 1 aliphatic rings. The van der Waals surface area contributed by atoms with Gasteiger partial charge in [-0.15, -0.1) is 0 Å². The zero-order valence-electron chi connectivity index (χ0n) is 14.7. The predicted octanol–water partition coefficient (Wildman–Crippen LogP) is 3.38. The Morgan fingerprint density at radius 1 is 1.08 bits per heavy atom. The third-order valence-electron chi connectivity index (χ3n) is 4.86. The van der Waals surface area contributed by atoms with Gasteiger partial charge in [-0.1, -0.05) is 55.5 Å². The van der Waals surface area contributed by atoms with E-state index in [1.807, 2.05) is 67.6 Å². The summed E-state index contributed by atoms with van der Waals surface area (Å²) in [6, 6.07) is 18.7. The van der Waals surface area contributed by atoms with Gasteiger partial charge in [0.1, 0.15) is 5.75 Å². The SMILES string of the molecule is CC1CN(C(=O)C(Oc2ccccc2)c2ccccc2)CCC1C(=O)O. The number of benzene rings is 2. The number of carboxylic acids is 1. The molecule has 3 atom stereocenters. The van der Waals surface area contributed by atoms with Gasteiger partial charge in [0, 0.05) is 18.7 Å². The number of amides is 1. The fourth-order valence-electron chi connectivity index (χ4n) is 3.40. The molecule has 1 aliphatic heterocycles. The minimum Gasteiger partial charge on any atom is -0.481 e. The van der Waals surface area contributed by atoms with Crippen LogP contribution in [0.2, 0.25) is 0 Å². The largest absolute Gasteiger partial charge is 0.481 e. The molecule has 3 rings (SSSR count). The molecule has 2 aromatic rings. The summed E-state index contributed by atoms with van der Waals surface area (Å²) in [7, 11) is 0. The molecule has 1 heterocycles. The van der Waals surface area contributed by atoms with Crippen LogP contribution >= 0.6 is 0 Å². The minimum absolute atomic E-state index is 0.0849. The molecule has 0 spiro atoms. The fraction of sp³-hybridized carbons (Fsp3) is 0.333. The van der Waals surface area contributed by atoms with Crippen molar-refractivity contribution in [3.05, 3.63) is 66.2 Å². The van der Waals surface area contributed by atoms with Gasteiger partial charge >= 0.3 is 5.97 Å². The van der Waals surface area contributed by atoms with Crippen LogP contribution in [0.15, 0.2) is 60.7 Å². The number of aliphatic carboxylic acids is 1. The molecular formula is C21H23NO4. The van der Waals surface area contributed by atoms with E-state index in [-0.39, 0.29) is 11.8 Å². The maximum absolute atomic E-state index is 13.2. The van der Waals surface area contributed by atoms with Gasteiger partial charge < -0.3 is 14.7 Å². The standard InChI is InChI=1S/C21H23NO4/c1-15-14-22(13-12-18(15)21(24)25)20(23)19(16-8-4-2-5-9-16)26-17-10-6-3-7-11-17/h2-11,15,18-19H,12-14H2,1H3,(H,24,25). The Morgan fingerprint density at radius 3 is 2.27 bits per heavy atom. The molecule has 0 aliphatic carbocycles. The maximum atomic E-state index is 13.2. The van der Waals surface area contributed by atoms with Crippen molar-refractivity contribution in [2.45, 2.75) is 19.4 Å². The highest BCUT2D eigenvalue weighted by Crippen LogP contribution is 2.28. The van der Waals surface area contributed by atoms with Gasteiger partial charge in [0.05, 0.1) is 5.92 Å². The molecule has 1 N–H and O–H groups in total. The van der Waals surface area contributed by atoms with Crippen LogP contribution in [-0.4, -0.2) is 35.0 Å². The lowest BCUT2D eigenvalue weighted by Gasteiger charge is -2.36. The summed E-state index contributed by atoms with van der Waals surface area (Å²) < 4.78 is 6.02. The molecule has 0 radical (unpaired) electrons. The predicted molar refractivity (Wildman–Crippen MR) is 97.7 cm³/mol. The van der Waals surface area contributed by atoms with E-state index < -0.39 is 18.0 Å². The van der Waals surface area contributed by atoms with E-state index in [2.05, 4.69) is 0 Å². The Kier molecular flexibility index (Phi) is 5.56. The summed E-state index contributed by atoms with van der Waals surface area (Å²) in [5, 5.41) is 9.29. The van der Waals surface area contributed by atoms with Crippen LogP contribution in [0.1, 0.15) is 25.0 Å². The third-order valence-corrected chi connectivity index (χ3v) is 4.86. The fourth-order valence-corrected chi connectivity index (χ4v) is 3.40. The number of nitrogens with zero attached hydrogens (tertiary/aromatic N) is 1. The summed E-state index contributed by atoms with van der Waals surface area (Å²) >= 11 is 0. The summed E-state index contributed by atoms with van der Waals surface area (Å²) in [6.45, 7) is 2.74. The van der Waals surface area contributed by atoms with Crippen molar-refractivity contribution >= 4 is 11.9 Å². The van der Waals surface area contributed by atoms with Crippen molar-refractivity contribution in [2.75, 3.05) is 13.1 Å². The number of hydrogen-bond acceptors (Lipinski definition) is 3. The molecule has 0 aromatic heterocycles. The van der Waals surface area contributed by atoms with Crippen molar-refractivity contribution in [2.24, 2.45) is 11.8 Å². The number of carboxylic acid groups (broad SMARTS) is 1. The molecule has 1 saturated heterocycles. The normalized spacial score (nSPS) is 21.0. The lowest BCUT2D eigenvalue weighted by molar-refractivity contribution is -0.150. The number of likely N-dealkylation sites (tertiary alicyclic amines) is 1. The molecule has 1 amide bonds. The average Bonchev–Trinajstić information content (AvgIpc) is 2.66. The highest BCUT2D eigenvalue weighted by Gasteiger charge is 2.36. The molecule has 136 valence electrons. The number of ether oxygens (including phenoxy) is 1. The number of carbonyl (C=O) groups is 2. The van der Waals surface area contributed by atoms with E-state index >= 15 is 0 Å². The second kappa shape index (κ2) is 8.04. The van der Waals surface area contributed by atoms with Gasteiger partial charge in [-0.25, -0.2) is 0 Å². The Balaban J connectivity index is 1.80. The van der Waals surface area contributed by atoms with Gasteiger partial charge in [-0.3, -0.25) is 9.59 Å². The van der Waals surface area contributed by atoms with Gasteiger partial charge in [0.15, 0.2) is 0 Å². The first-order valence-electron chi connectivity index (χ1n) is 8.84. The number of hydrogen-bond donors (Lipinski definition) is 1. The monoisotopic (exact) mass is 353 g/mol. The van der Waals surface area contributed by atoms with E-state index in [0.29, 0.717) is 25.3 Å². The maximum Gasteiger partial charge on any atom is 0.306 e. The topological polar surface area (TPSA) is 66.8 Å². The Labute approximate surface area is 153 Å². The highest BCUT2D eigenvalue weighted by atomic mass is 16.5. The van der Waals surface area contributed by atoms with Crippen molar-refractivity contribution in [3.8, 4) is 5.75 Å². The highest BCUT2D eigenvalue weighted by molar-refractivity contribution is 5.83. The van der Waals surface area contributed by atoms with Crippen LogP contribution in [-0.2, 0) is 9.59 Å². The van der Waals surface area contributed by atoms with E-state index in [1.54, 1.807) is 4.90 Å². The van der Waals surface area contributed by atoms with Crippen LogP contribution in [0, 0.1) is 11.8 Å². The zero-order valence-corrected chi connectivity index (χ0v) is 14.7. The van der Waals surface area contributed by atoms with Crippen molar-refractivity contribution in [1.82, 2.24) is 4.90 Å². The van der Waals surface area contributed by atoms with Crippen LogP contribution < -0.4 is 4.74 Å². The first-order chi connectivity index (χ1) is 12.6. The van der Waals surface area contributed by atoms with E-state index in [0.717, 1.165) is 5.56 Å². The van der Waals surface area contributed by atoms with Crippen LogP contribution in [0.25, 0.3) is 0 Å². The van der Waals surface area contributed by atoms with E-state index in [1.165, 1.54) is 0 Å². The van der Waals surface area contributed by atoms with Gasteiger partial charge in [0.2, 0.25) is 6.10 Å². The number of piperidine rings is 1. The van der Waals surface area contributed by atoms with Crippen LogP contribution in [0.4, 0.5) is 0 Å². The lowest BCUT2D eigenvalue weighted by Crippen LogP contribution is -2.47. The van der Waals surface area contributed by atoms with E-state index in [4.69, 9.17) is 4.74 Å². The number of carbonyl (C=O) groups excluding carboxylic acids is 1. The summed E-state index contributed by atoms with van der Waals surface area (Å²) in [5.74, 6) is -0.772. The third kappa shape index (κ3) is 4.04. The number of rotatable bonds is 5. The minimum atomic E-state index is -0.787. The molecule has 5 heteroatoms. The summed E-state index contributed by atoms with van der Waals surface area (Å²) in [6.07, 6.45) is -0.276.